The first-order chi connectivity index (χ1) is 7.16. The van der Waals surface area contributed by atoms with Crippen molar-refractivity contribution < 1.29 is 9.53 Å². The Morgan fingerprint density at radius 3 is 2.53 bits per heavy atom. The lowest BCUT2D eigenvalue weighted by molar-refractivity contribution is -0.149. The summed E-state index contributed by atoms with van der Waals surface area (Å²) in [6.45, 7) is 4.64. The van der Waals surface area contributed by atoms with Crippen molar-refractivity contribution in [2.24, 2.45) is 5.11 Å². The van der Waals surface area contributed by atoms with E-state index in [2.05, 4.69) is 15.3 Å². The third kappa shape index (κ3) is 3.77. The molecule has 0 aromatic heterocycles. The average molecular weight is 214 g/mol. The zero-order valence-electron chi connectivity index (χ0n) is 9.49. The minimum atomic E-state index is -0.653. The van der Waals surface area contributed by atoms with Gasteiger partial charge < -0.3 is 10.1 Å². The van der Waals surface area contributed by atoms with Crippen LogP contribution in [-0.4, -0.2) is 31.7 Å². The molecule has 0 aliphatic rings. The fourth-order valence-corrected chi connectivity index (χ4v) is 1.45. The van der Waals surface area contributed by atoms with Gasteiger partial charge in [0.15, 0.2) is 0 Å². The van der Waals surface area contributed by atoms with Gasteiger partial charge in [-0.25, -0.2) is 0 Å². The molecule has 0 heterocycles. The van der Waals surface area contributed by atoms with Gasteiger partial charge in [-0.15, -0.1) is 0 Å². The lowest BCUT2D eigenvalue weighted by Gasteiger charge is -2.29. The summed E-state index contributed by atoms with van der Waals surface area (Å²) in [7, 11) is 1.37. The maximum Gasteiger partial charge on any atom is 0.326 e. The van der Waals surface area contributed by atoms with E-state index in [9.17, 15) is 4.79 Å². The smallest absolute Gasteiger partial charge is 0.326 e. The number of azide groups is 1. The molecule has 0 rings (SSSR count). The molecule has 0 aliphatic carbocycles. The van der Waals surface area contributed by atoms with E-state index in [0.29, 0.717) is 25.9 Å². The van der Waals surface area contributed by atoms with Crippen molar-refractivity contribution in [3.63, 3.8) is 0 Å². The van der Waals surface area contributed by atoms with E-state index in [-0.39, 0.29) is 5.97 Å². The van der Waals surface area contributed by atoms with Gasteiger partial charge in [0.2, 0.25) is 0 Å². The monoisotopic (exact) mass is 214 g/mol. The highest BCUT2D eigenvalue weighted by atomic mass is 16.5. The van der Waals surface area contributed by atoms with Crippen LogP contribution in [0.2, 0.25) is 0 Å². The molecular formula is C9H18N4O2. The van der Waals surface area contributed by atoms with Crippen LogP contribution in [0.1, 0.15) is 26.7 Å². The normalized spacial score (nSPS) is 10.6. The fourth-order valence-electron chi connectivity index (χ4n) is 1.45. The summed E-state index contributed by atoms with van der Waals surface area (Å²) in [6, 6.07) is 0. The summed E-state index contributed by atoms with van der Waals surface area (Å²) in [6.07, 6.45) is 1.29. The predicted molar refractivity (Wildman–Crippen MR) is 57.3 cm³/mol. The molecule has 15 heavy (non-hydrogen) atoms. The van der Waals surface area contributed by atoms with E-state index in [1.54, 1.807) is 0 Å². The maximum atomic E-state index is 11.6. The molecular weight excluding hydrogens is 196 g/mol. The number of hydrogen-bond donors (Lipinski definition) is 1. The summed E-state index contributed by atoms with van der Waals surface area (Å²) in [5, 5.41) is 6.47. The number of hydrogen-bond acceptors (Lipinski definition) is 4. The molecule has 1 N–H and O–H groups in total. The van der Waals surface area contributed by atoms with Crippen LogP contribution in [0.5, 0.6) is 0 Å². The quantitative estimate of drug-likeness (QED) is 0.229. The second kappa shape index (κ2) is 7.09. The van der Waals surface area contributed by atoms with Crippen molar-refractivity contribution >= 4 is 5.97 Å². The van der Waals surface area contributed by atoms with Gasteiger partial charge in [0.1, 0.15) is 5.54 Å². The Bertz CT molecular complexity index is 244. The van der Waals surface area contributed by atoms with Gasteiger partial charge in [0.05, 0.1) is 7.11 Å². The number of rotatable bonds is 7. The standard InChI is InChI=1S/C9H18N4O2/c1-4-9(5-2,8(14)15-3)11-6-7-12-13-10/h11H,4-7H2,1-3H3. The van der Waals surface area contributed by atoms with E-state index in [1.165, 1.54) is 7.11 Å². The molecule has 0 aliphatic heterocycles. The van der Waals surface area contributed by atoms with Crippen LogP contribution >= 0.6 is 0 Å². The highest BCUT2D eigenvalue weighted by molar-refractivity contribution is 5.80. The first kappa shape index (κ1) is 13.7. The van der Waals surface area contributed by atoms with Crippen molar-refractivity contribution in [3.05, 3.63) is 10.4 Å². The molecule has 0 unspecified atom stereocenters. The number of methoxy groups -OCH3 is 1. The van der Waals surface area contributed by atoms with Crippen molar-refractivity contribution in [1.29, 1.82) is 0 Å². The van der Waals surface area contributed by atoms with Crippen LogP contribution in [0.4, 0.5) is 0 Å². The van der Waals surface area contributed by atoms with Gasteiger partial charge in [-0.05, 0) is 18.4 Å². The highest BCUT2D eigenvalue weighted by Crippen LogP contribution is 2.16. The Morgan fingerprint density at radius 2 is 2.13 bits per heavy atom. The van der Waals surface area contributed by atoms with E-state index in [0.717, 1.165) is 0 Å². The average Bonchev–Trinajstić information content (AvgIpc) is 2.29. The third-order valence-corrected chi connectivity index (χ3v) is 2.52. The first-order valence-electron chi connectivity index (χ1n) is 5.01. The van der Waals surface area contributed by atoms with Crippen LogP contribution in [0.3, 0.4) is 0 Å². The number of nitrogens with one attached hydrogen (secondary N) is 1. The molecule has 6 heteroatoms. The number of carbonyl (C=O) groups is 1. The molecule has 0 atom stereocenters. The van der Waals surface area contributed by atoms with Gasteiger partial charge in [-0.2, -0.15) is 0 Å². The molecule has 0 aromatic rings. The summed E-state index contributed by atoms with van der Waals surface area (Å²) < 4.78 is 4.75. The van der Waals surface area contributed by atoms with Gasteiger partial charge in [-0.3, -0.25) is 4.79 Å². The first-order valence-corrected chi connectivity index (χ1v) is 5.01. The molecule has 0 fully saturated rings. The Labute approximate surface area is 89.6 Å². The van der Waals surface area contributed by atoms with Crippen LogP contribution in [0.15, 0.2) is 5.11 Å². The Balaban J connectivity index is 4.36. The zero-order chi connectivity index (χ0) is 11.7. The minimum absolute atomic E-state index is 0.270. The lowest BCUT2D eigenvalue weighted by atomic mass is 9.93. The fraction of sp³-hybridized carbons (Fsp3) is 0.889. The van der Waals surface area contributed by atoms with Crippen LogP contribution in [0.25, 0.3) is 10.4 Å². The van der Waals surface area contributed by atoms with Crippen LogP contribution in [0, 0.1) is 0 Å². The largest absolute Gasteiger partial charge is 0.468 e. The Morgan fingerprint density at radius 1 is 1.53 bits per heavy atom. The van der Waals surface area contributed by atoms with E-state index < -0.39 is 5.54 Å². The van der Waals surface area contributed by atoms with Crippen molar-refractivity contribution in [2.75, 3.05) is 20.2 Å². The van der Waals surface area contributed by atoms with Gasteiger partial charge in [0, 0.05) is 18.0 Å². The second-order valence-corrected chi connectivity index (χ2v) is 3.16. The maximum absolute atomic E-state index is 11.6. The summed E-state index contributed by atoms with van der Waals surface area (Å²) >= 11 is 0. The zero-order valence-corrected chi connectivity index (χ0v) is 9.49. The van der Waals surface area contributed by atoms with Gasteiger partial charge >= 0.3 is 5.97 Å². The Kier molecular flexibility index (Phi) is 6.49. The number of carbonyl (C=O) groups excluding carboxylic acids is 1. The summed E-state index contributed by atoms with van der Waals surface area (Å²) in [4.78, 5) is 14.2. The third-order valence-electron chi connectivity index (χ3n) is 2.52. The van der Waals surface area contributed by atoms with Crippen molar-refractivity contribution in [2.45, 2.75) is 32.2 Å². The van der Waals surface area contributed by atoms with E-state index >= 15 is 0 Å². The molecule has 0 amide bonds. The molecule has 6 nitrogen and oxygen atoms in total. The van der Waals surface area contributed by atoms with E-state index in [4.69, 9.17) is 10.3 Å². The van der Waals surface area contributed by atoms with Gasteiger partial charge in [-0.1, -0.05) is 19.0 Å². The van der Waals surface area contributed by atoms with Crippen molar-refractivity contribution in [1.82, 2.24) is 5.32 Å². The van der Waals surface area contributed by atoms with Crippen molar-refractivity contribution in [3.8, 4) is 0 Å². The number of ether oxygens (including phenoxy) is 1. The highest BCUT2D eigenvalue weighted by Gasteiger charge is 2.34. The second-order valence-electron chi connectivity index (χ2n) is 3.16. The lowest BCUT2D eigenvalue weighted by Crippen LogP contribution is -2.52. The molecule has 0 bridgehead atoms. The van der Waals surface area contributed by atoms with Crippen LogP contribution < -0.4 is 5.32 Å². The van der Waals surface area contributed by atoms with E-state index in [1.807, 2.05) is 13.8 Å². The molecule has 86 valence electrons. The molecule has 0 saturated carbocycles. The Hall–Kier alpha value is -1.26. The predicted octanol–water partition coefficient (Wildman–Crippen LogP) is 1.62. The molecule has 0 aromatic carbocycles. The molecule has 0 saturated heterocycles. The summed E-state index contributed by atoms with van der Waals surface area (Å²) in [5.41, 5.74) is 7.45. The SMILES string of the molecule is CCC(CC)(NCCN=[N+]=[N-])C(=O)OC. The van der Waals surface area contributed by atoms with Gasteiger partial charge in [0.25, 0.3) is 0 Å². The summed E-state index contributed by atoms with van der Waals surface area (Å²) in [5.74, 6) is -0.270. The number of nitrogens with zero attached hydrogens (tertiary/aromatic N) is 3. The number of esters is 1. The van der Waals surface area contributed by atoms with Crippen LogP contribution in [-0.2, 0) is 9.53 Å². The molecule has 0 spiro atoms. The minimum Gasteiger partial charge on any atom is -0.468 e. The topological polar surface area (TPSA) is 87.1 Å². The molecule has 0 radical (unpaired) electrons.